The zero-order valence-corrected chi connectivity index (χ0v) is 24.0. The molecule has 39 heavy (non-hydrogen) atoms. The molecule has 0 aliphatic carbocycles. The number of nitrogens with zero attached hydrogens (tertiary/aromatic N) is 1. The van der Waals surface area contributed by atoms with Gasteiger partial charge in [0.2, 0.25) is 0 Å². The second kappa shape index (κ2) is 10.9. The molecule has 2 atom stereocenters. The highest BCUT2D eigenvalue weighted by atomic mass is 16.6. The Labute approximate surface area is 232 Å². The van der Waals surface area contributed by atoms with E-state index in [-0.39, 0.29) is 17.1 Å². The number of ether oxygens (including phenoxy) is 2. The van der Waals surface area contributed by atoms with Crippen LogP contribution in [0.2, 0.25) is 0 Å². The van der Waals surface area contributed by atoms with Crippen LogP contribution in [0.4, 0.5) is 5.69 Å². The first kappa shape index (κ1) is 27.0. The summed E-state index contributed by atoms with van der Waals surface area (Å²) >= 11 is 0. The number of nitrogens with one attached hydrogen (secondary N) is 1. The van der Waals surface area contributed by atoms with Gasteiger partial charge in [-0.25, -0.2) is 0 Å². The molecule has 1 N–H and O–H groups in total. The Morgan fingerprint density at radius 2 is 1.67 bits per heavy atom. The maximum absolute atomic E-state index is 6.67. The Kier molecular flexibility index (Phi) is 7.55. The predicted octanol–water partition coefficient (Wildman–Crippen LogP) is 7.82. The predicted molar refractivity (Wildman–Crippen MR) is 159 cm³/mol. The van der Waals surface area contributed by atoms with Gasteiger partial charge in [-0.1, -0.05) is 54.6 Å². The van der Waals surface area contributed by atoms with Gasteiger partial charge in [0.25, 0.3) is 0 Å². The maximum atomic E-state index is 6.67. The molecule has 3 aromatic carbocycles. The van der Waals surface area contributed by atoms with E-state index in [9.17, 15) is 0 Å². The summed E-state index contributed by atoms with van der Waals surface area (Å²) in [6.07, 6.45) is 7.60. The Bertz CT molecular complexity index is 1380. The molecule has 0 saturated heterocycles. The molecule has 0 fully saturated rings. The smallest absolute Gasteiger partial charge is 0.127 e. The van der Waals surface area contributed by atoms with Crippen LogP contribution in [-0.2, 0) is 17.9 Å². The second-order valence-electron chi connectivity index (χ2n) is 11.5. The number of fused-ring (bicyclic) bond motifs is 1. The zero-order valence-electron chi connectivity index (χ0n) is 24.0. The minimum atomic E-state index is -0.363. The highest BCUT2D eigenvalue weighted by molar-refractivity contribution is 5.75. The average Bonchev–Trinajstić information content (AvgIpc) is 3.47. The van der Waals surface area contributed by atoms with Crippen LogP contribution in [0.15, 0.2) is 71.7 Å². The summed E-state index contributed by atoms with van der Waals surface area (Å²) in [5, 5.41) is 0. The van der Waals surface area contributed by atoms with E-state index in [1.54, 1.807) is 0 Å². The molecule has 0 amide bonds. The van der Waals surface area contributed by atoms with Crippen LogP contribution in [0.25, 0.3) is 0 Å². The quantitative estimate of drug-likeness (QED) is 0.217. The van der Waals surface area contributed by atoms with E-state index in [0.29, 0.717) is 13.2 Å². The average molecular weight is 525 g/mol. The fourth-order valence-corrected chi connectivity index (χ4v) is 5.70. The van der Waals surface area contributed by atoms with Crippen molar-refractivity contribution in [1.82, 2.24) is 0 Å². The second-order valence-corrected chi connectivity index (χ2v) is 11.5. The van der Waals surface area contributed by atoms with Crippen molar-refractivity contribution >= 4 is 11.9 Å². The molecule has 3 aromatic rings. The molecule has 0 saturated carbocycles. The first-order valence-electron chi connectivity index (χ1n) is 13.9. The standard InChI is InChI=1S/C34H40N2O3/c1-23-24(2)32-30(25(3)31(23)37-22-26-13-8-7-9-14-26)28(33(4,5)39-32)21-27-15-10-11-16-29(27)36-38-20-18-34(6)17-12-19-35-34/h7-17,19,28,36H,18,20-22H2,1-6H3. The monoisotopic (exact) mass is 524 g/mol. The molecule has 5 rings (SSSR count). The highest BCUT2D eigenvalue weighted by Gasteiger charge is 2.44. The SMILES string of the molecule is Cc1c(C)c2c(c(C)c1OCc1ccccc1)C(Cc1ccccc1NOCCC1(C)C=CC=N1)C(C)(C)O2. The Morgan fingerprint density at radius 3 is 2.41 bits per heavy atom. The van der Waals surface area contributed by atoms with Crippen molar-refractivity contribution in [3.8, 4) is 11.5 Å². The minimum Gasteiger partial charge on any atom is -0.488 e. The number of anilines is 1. The first-order chi connectivity index (χ1) is 18.7. The molecule has 2 aliphatic heterocycles. The van der Waals surface area contributed by atoms with Crippen LogP contribution in [0.5, 0.6) is 11.5 Å². The summed E-state index contributed by atoms with van der Waals surface area (Å²) < 4.78 is 13.1. The topological polar surface area (TPSA) is 52.1 Å². The van der Waals surface area contributed by atoms with E-state index in [0.717, 1.165) is 46.7 Å². The van der Waals surface area contributed by atoms with E-state index in [1.165, 1.54) is 16.7 Å². The lowest BCUT2D eigenvalue weighted by Crippen LogP contribution is -2.32. The Balaban J connectivity index is 1.38. The molecule has 5 heteroatoms. The molecule has 0 radical (unpaired) electrons. The zero-order chi connectivity index (χ0) is 27.6. The molecule has 0 spiro atoms. The van der Waals surface area contributed by atoms with Crippen LogP contribution in [0.3, 0.4) is 0 Å². The number of rotatable bonds is 10. The van der Waals surface area contributed by atoms with E-state index in [1.807, 2.05) is 36.6 Å². The third kappa shape index (κ3) is 5.60. The van der Waals surface area contributed by atoms with E-state index in [2.05, 4.69) is 88.4 Å². The van der Waals surface area contributed by atoms with Crippen LogP contribution in [-0.4, -0.2) is 24.0 Å². The normalized spacial score (nSPS) is 20.6. The van der Waals surface area contributed by atoms with Gasteiger partial charge in [-0.05, 0) is 87.9 Å². The van der Waals surface area contributed by atoms with Gasteiger partial charge in [0.05, 0.1) is 17.8 Å². The van der Waals surface area contributed by atoms with Gasteiger partial charge < -0.3 is 9.47 Å². The molecule has 2 aliphatic rings. The molecular formula is C34H40N2O3. The van der Waals surface area contributed by atoms with Gasteiger partial charge in [-0.3, -0.25) is 15.3 Å². The van der Waals surface area contributed by atoms with Gasteiger partial charge in [0.15, 0.2) is 0 Å². The molecule has 2 heterocycles. The van der Waals surface area contributed by atoms with Gasteiger partial charge in [-0.2, -0.15) is 0 Å². The number of allylic oxidation sites excluding steroid dienone is 1. The fourth-order valence-electron chi connectivity index (χ4n) is 5.70. The number of hydrogen-bond acceptors (Lipinski definition) is 5. The number of benzene rings is 3. The lowest BCUT2D eigenvalue weighted by Gasteiger charge is -2.28. The van der Waals surface area contributed by atoms with E-state index >= 15 is 0 Å². The third-order valence-electron chi connectivity index (χ3n) is 8.26. The van der Waals surface area contributed by atoms with Crippen molar-refractivity contribution in [2.24, 2.45) is 4.99 Å². The molecule has 204 valence electrons. The number of para-hydroxylation sites is 1. The van der Waals surface area contributed by atoms with Crippen molar-refractivity contribution in [3.05, 3.63) is 100 Å². The lowest BCUT2D eigenvalue weighted by atomic mass is 9.79. The molecular weight excluding hydrogens is 484 g/mol. The third-order valence-corrected chi connectivity index (χ3v) is 8.26. The number of aliphatic imine (C=N–C) groups is 1. The summed E-state index contributed by atoms with van der Waals surface area (Å²) in [5.74, 6) is 2.13. The van der Waals surface area contributed by atoms with Crippen molar-refractivity contribution in [1.29, 1.82) is 0 Å². The minimum absolute atomic E-state index is 0.158. The van der Waals surface area contributed by atoms with Gasteiger partial charge in [-0.15, -0.1) is 0 Å². The van der Waals surface area contributed by atoms with Gasteiger partial charge in [0.1, 0.15) is 23.7 Å². The summed E-state index contributed by atoms with van der Waals surface area (Å²) in [7, 11) is 0. The van der Waals surface area contributed by atoms with Gasteiger partial charge >= 0.3 is 0 Å². The summed E-state index contributed by atoms with van der Waals surface area (Å²) in [6.45, 7) is 14.1. The van der Waals surface area contributed by atoms with Crippen molar-refractivity contribution < 1.29 is 14.3 Å². The van der Waals surface area contributed by atoms with Crippen LogP contribution < -0.4 is 15.0 Å². The van der Waals surface area contributed by atoms with Crippen molar-refractivity contribution in [2.45, 2.75) is 78.0 Å². The van der Waals surface area contributed by atoms with Crippen molar-refractivity contribution in [3.63, 3.8) is 0 Å². The maximum Gasteiger partial charge on any atom is 0.127 e. The molecule has 0 bridgehead atoms. The Morgan fingerprint density at radius 1 is 0.923 bits per heavy atom. The highest BCUT2D eigenvalue weighted by Crippen LogP contribution is 2.53. The van der Waals surface area contributed by atoms with Gasteiger partial charge in [0, 0.05) is 24.1 Å². The Hall–Kier alpha value is -3.57. The molecule has 2 unspecified atom stereocenters. The van der Waals surface area contributed by atoms with Crippen molar-refractivity contribution in [2.75, 3.05) is 12.1 Å². The van der Waals surface area contributed by atoms with E-state index < -0.39 is 0 Å². The number of hydrogen-bond donors (Lipinski definition) is 1. The fraction of sp³-hybridized carbons (Fsp3) is 0.382. The molecule has 0 aromatic heterocycles. The van der Waals surface area contributed by atoms with Crippen LogP contribution >= 0.6 is 0 Å². The van der Waals surface area contributed by atoms with Crippen LogP contribution in [0, 0.1) is 20.8 Å². The summed E-state index contributed by atoms with van der Waals surface area (Å²) in [4.78, 5) is 10.4. The van der Waals surface area contributed by atoms with E-state index in [4.69, 9.17) is 14.3 Å². The largest absolute Gasteiger partial charge is 0.488 e. The first-order valence-corrected chi connectivity index (χ1v) is 13.9. The van der Waals surface area contributed by atoms with Crippen LogP contribution in [0.1, 0.15) is 66.5 Å². The lowest BCUT2D eigenvalue weighted by molar-refractivity contribution is 0.108. The summed E-state index contributed by atoms with van der Waals surface area (Å²) in [6, 6.07) is 18.7. The summed E-state index contributed by atoms with van der Waals surface area (Å²) in [5.41, 5.74) is 10.7. The molecule has 5 nitrogen and oxygen atoms in total.